The van der Waals surface area contributed by atoms with Gasteiger partial charge in [0.15, 0.2) is 11.5 Å². The van der Waals surface area contributed by atoms with Crippen LogP contribution in [0.15, 0.2) is 42.5 Å². The summed E-state index contributed by atoms with van der Waals surface area (Å²) in [7, 11) is -3.52. The number of amides is 1. The van der Waals surface area contributed by atoms with E-state index in [1.54, 1.807) is 18.2 Å². The summed E-state index contributed by atoms with van der Waals surface area (Å²) >= 11 is 0. The molecular formula is C18H19FN2O5S. The van der Waals surface area contributed by atoms with Gasteiger partial charge in [-0.2, -0.15) is 4.31 Å². The normalized spacial score (nSPS) is 13.0. The van der Waals surface area contributed by atoms with Gasteiger partial charge in [0.2, 0.25) is 22.7 Å². The second kappa shape index (κ2) is 7.93. The average Bonchev–Trinajstić information content (AvgIpc) is 3.07. The molecule has 1 aliphatic heterocycles. The van der Waals surface area contributed by atoms with E-state index in [0.29, 0.717) is 17.2 Å². The molecule has 2 aromatic carbocycles. The zero-order valence-electron chi connectivity index (χ0n) is 14.6. The Hall–Kier alpha value is -2.65. The van der Waals surface area contributed by atoms with Crippen LogP contribution < -0.4 is 14.8 Å². The minimum Gasteiger partial charge on any atom is -0.454 e. The molecule has 0 spiro atoms. The maximum Gasteiger partial charge on any atom is 0.231 e. The van der Waals surface area contributed by atoms with Crippen LogP contribution in [0.5, 0.6) is 11.5 Å². The first-order valence-corrected chi connectivity index (χ1v) is 10.1. The number of benzene rings is 2. The van der Waals surface area contributed by atoms with Crippen LogP contribution in [0, 0.1) is 5.82 Å². The lowest BCUT2D eigenvalue weighted by molar-refractivity contribution is -0.116. The minimum atomic E-state index is -3.52. The van der Waals surface area contributed by atoms with Crippen LogP contribution in [0.4, 0.5) is 10.1 Å². The Morgan fingerprint density at radius 3 is 2.56 bits per heavy atom. The first kappa shape index (κ1) is 19.1. The Bertz CT molecular complexity index is 931. The summed E-state index contributed by atoms with van der Waals surface area (Å²) in [5, 5.41) is 2.61. The molecule has 0 radical (unpaired) electrons. The number of carbonyl (C=O) groups is 1. The Kier molecular flexibility index (Phi) is 5.62. The van der Waals surface area contributed by atoms with Crippen LogP contribution in [0.1, 0.15) is 12.0 Å². The standard InChI is InChI=1S/C18H19FN2O5S/c1-27(23,24)21(11-13-2-7-16-17(10-13)26-12-25-16)9-8-18(22)20-15-5-3-14(19)4-6-15/h2-7,10H,8-9,11-12H2,1H3,(H,20,22). The summed E-state index contributed by atoms with van der Waals surface area (Å²) < 4.78 is 48.8. The van der Waals surface area contributed by atoms with E-state index >= 15 is 0 Å². The van der Waals surface area contributed by atoms with Crippen LogP contribution in [-0.2, 0) is 21.4 Å². The van der Waals surface area contributed by atoms with Crippen molar-refractivity contribution in [3.05, 3.63) is 53.8 Å². The highest BCUT2D eigenvalue weighted by Crippen LogP contribution is 2.33. The first-order chi connectivity index (χ1) is 12.8. The van der Waals surface area contributed by atoms with E-state index in [-0.39, 0.29) is 32.2 Å². The first-order valence-electron chi connectivity index (χ1n) is 8.20. The number of sulfonamides is 1. The van der Waals surface area contributed by atoms with Crippen molar-refractivity contribution in [2.45, 2.75) is 13.0 Å². The van der Waals surface area contributed by atoms with Crippen molar-refractivity contribution in [1.82, 2.24) is 4.31 Å². The lowest BCUT2D eigenvalue weighted by Gasteiger charge is -2.20. The molecule has 0 atom stereocenters. The second-order valence-corrected chi connectivity index (χ2v) is 8.07. The number of nitrogens with one attached hydrogen (secondary N) is 1. The van der Waals surface area contributed by atoms with Crippen molar-refractivity contribution < 1.29 is 27.1 Å². The molecule has 1 aliphatic rings. The van der Waals surface area contributed by atoms with Crippen LogP contribution in [0.3, 0.4) is 0 Å². The molecule has 7 nitrogen and oxygen atoms in total. The molecule has 0 aliphatic carbocycles. The van der Waals surface area contributed by atoms with Crippen LogP contribution in [0.25, 0.3) is 0 Å². The number of anilines is 1. The highest BCUT2D eigenvalue weighted by atomic mass is 32.2. The van der Waals surface area contributed by atoms with E-state index < -0.39 is 15.8 Å². The third kappa shape index (κ3) is 5.18. The Labute approximate surface area is 156 Å². The molecule has 0 aromatic heterocycles. The molecule has 0 unspecified atom stereocenters. The number of hydrogen-bond acceptors (Lipinski definition) is 5. The maximum atomic E-state index is 12.9. The van der Waals surface area contributed by atoms with Gasteiger partial charge in [-0.05, 0) is 42.0 Å². The van der Waals surface area contributed by atoms with Gasteiger partial charge in [0.1, 0.15) is 5.82 Å². The van der Waals surface area contributed by atoms with Crippen LogP contribution in [0.2, 0.25) is 0 Å². The SMILES string of the molecule is CS(=O)(=O)N(CCC(=O)Nc1ccc(F)cc1)Cc1ccc2c(c1)OCO2. The predicted molar refractivity (Wildman–Crippen MR) is 97.5 cm³/mol. The number of rotatable bonds is 7. The van der Waals surface area contributed by atoms with E-state index in [1.807, 2.05) is 0 Å². The van der Waals surface area contributed by atoms with Crippen molar-refractivity contribution in [1.29, 1.82) is 0 Å². The van der Waals surface area contributed by atoms with Gasteiger partial charge in [0.25, 0.3) is 0 Å². The van der Waals surface area contributed by atoms with E-state index in [9.17, 15) is 17.6 Å². The third-order valence-electron chi connectivity index (χ3n) is 3.98. The monoisotopic (exact) mass is 394 g/mol. The third-order valence-corrected chi connectivity index (χ3v) is 5.23. The van der Waals surface area contributed by atoms with Crippen molar-refractivity contribution >= 4 is 21.6 Å². The number of ether oxygens (including phenoxy) is 2. The van der Waals surface area contributed by atoms with Crippen molar-refractivity contribution in [2.24, 2.45) is 0 Å². The number of hydrogen-bond donors (Lipinski definition) is 1. The highest BCUT2D eigenvalue weighted by molar-refractivity contribution is 7.88. The number of nitrogens with zero attached hydrogens (tertiary/aromatic N) is 1. The molecule has 3 rings (SSSR count). The summed E-state index contributed by atoms with van der Waals surface area (Å²) in [6.07, 6.45) is 1.06. The van der Waals surface area contributed by atoms with Gasteiger partial charge in [0.05, 0.1) is 6.26 Å². The molecule has 0 fully saturated rings. The van der Waals surface area contributed by atoms with E-state index in [4.69, 9.17) is 9.47 Å². The summed E-state index contributed by atoms with van der Waals surface area (Å²) in [6, 6.07) is 10.5. The topological polar surface area (TPSA) is 84.9 Å². The van der Waals surface area contributed by atoms with Crippen molar-refractivity contribution in [3.63, 3.8) is 0 Å². The van der Waals surface area contributed by atoms with Gasteiger partial charge in [-0.3, -0.25) is 4.79 Å². The molecule has 2 aromatic rings. The smallest absolute Gasteiger partial charge is 0.231 e. The molecule has 0 bridgehead atoms. The van der Waals surface area contributed by atoms with Gasteiger partial charge in [-0.15, -0.1) is 0 Å². The zero-order valence-corrected chi connectivity index (χ0v) is 15.5. The van der Waals surface area contributed by atoms with Crippen LogP contribution >= 0.6 is 0 Å². The lowest BCUT2D eigenvalue weighted by Crippen LogP contribution is -2.32. The molecule has 0 saturated carbocycles. The van der Waals surface area contributed by atoms with E-state index in [1.165, 1.54) is 28.6 Å². The van der Waals surface area contributed by atoms with Gasteiger partial charge in [-0.1, -0.05) is 6.07 Å². The van der Waals surface area contributed by atoms with Gasteiger partial charge >= 0.3 is 0 Å². The Morgan fingerprint density at radius 2 is 1.85 bits per heavy atom. The summed E-state index contributed by atoms with van der Waals surface area (Å²) in [6.45, 7) is 0.262. The van der Waals surface area contributed by atoms with Gasteiger partial charge in [-0.25, -0.2) is 12.8 Å². The van der Waals surface area contributed by atoms with E-state index in [2.05, 4.69) is 5.32 Å². The fraction of sp³-hybridized carbons (Fsp3) is 0.278. The predicted octanol–water partition coefficient (Wildman–Crippen LogP) is 2.34. The quantitative estimate of drug-likeness (QED) is 0.779. The fourth-order valence-electron chi connectivity index (χ4n) is 2.59. The van der Waals surface area contributed by atoms with Gasteiger partial charge < -0.3 is 14.8 Å². The maximum absolute atomic E-state index is 12.9. The highest BCUT2D eigenvalue weighted by Gasteiger charge is 2.20. The van der Waals surface area contributed by atoms with Crippen molar-refractivity contribution in [2.75, 3.05) is 24.9 Å². The number of halogens is 1. The molecule has 1 amide bonds. The Balaban J connectivity index is 1.61. The van der Waals surface area contributed by atoms with E-state index in [0.717, 1.165) is 11.8 Å². The fourth-order valence-corrected chi connectivity index (χ4v) is 3.39. The largest absolute Gasteiger partial charge is 0.454 e. The average molecular weight is 394 g/mol. The molecule has 27 heavy (non-hydrogen) atoms. The Morgan fingerprint density at radius 1 is 1.15 bits per heavy atom. The van der Waals surface area contributed by atoms with Gasteiger partial charge in [0, 0.05) is 25.2 Å². The lowest BCUT2D eigenvalue weighted by atomic mass is 10.2. The minimum absolute atomic E-state index is 0.0142. The molecule has 1 heterocycles. The van der Waals surface area contributed by atoms with Crippen molar-refractivity contribution in [3.8, 4) is 11.5 Å². The molecule has 9 heteroatoms. The van der Waals surface area contributed by atoms with Crippen LogP contribution in [-0.4, -0.2) is 38.2 Å². The molecule has 0 saturated heterocycles. The summed E-state index contributed by atoms with van der Waals surface area (Å²) in [5.74, 6) is 0.416. The molecular weight excluding hydrogens is 375 g/mol. The zero-order chi connectivity index (χ0) is 19.4. The second-order valence-electron chi connectivity index (χ2n) is 6.09. The molecule has 144 valence electrons. The molecule has 1 N–H and O–H groups in total. The summed E-state index contributed by atoms with van der Waals surface area (Å²) in [4.78, 5) is 12.1. The summed E-state index contributed by atoms with van der Waals surface area (Å²) in [5.41, 5.74) is 1.17. The number of carbonyl (C=O) groups excluding carboxylic acids is 1. The number of fused-ring (bicyclic) bond motifs is 1.